The number of carbonyl (C=O) groups is 1. The molecule has 0 bridgehead atoms. The van der Waals surface area contributed by atoms with Crippen LogP contribution in [0.4, 0.5) is 0 Å². The van der Waals surface area contributed by atoms with Gasteiger partial charge in [0.25, 0.3) is 5.91 Å². The molecule has 22 heavy (non-hydrogen) atoms. The van der Waals surface area contributed by atoms with Crippen LogP contribution in [0.2, 0.25) is 19.6 Å². The van der Waals surface area contributed by atoms with Crippen molar-refractivity contribution < 1.29 is 4.79 Å². The van der Waals surface area contributed by atoms with Crippen LogP contribution in [0.25, 0.3) is 0 Å². The average molecular weight is 312 g/mol. The SMILES string of the molecule is CC(C)(NC(=O)c1ccccc1[Si](C)(C)C)c1ccccc1. The van der Waals surface area contributed by atoms with E-state index in [1.807, 2.05) is 62.4 Å². The second-order valence-electron chi connectivity index (χ2n) is 7.24. The van der Waals surface area contributed by atoms with Gasteiger partial charge in [0.15, 0.2) is 0 Å². The zero-order valence-corrected chi connectivity index (χ0v) is 15.1. The van der Waals surface area contributed by atoms with E-state index in [4.69, 9.17) is 0 Å². The minimum atomic E-state index is -1.56. The fourth-order valence-corrected chi connectivity index (χ4v) is 4.21. The maximum absolute atomic E-state index is 12.8. The molecule has 0 saturated carbocycles. The Morgan fingerprint density at radius 2 is 1.45 bits per heavy atom. The van der Waals surface area contributed by atoms with Crippen LogP contribution in [0.3, 0.4) is 0 Å². The summed E-state index contributed by atoms with van der Waals surface area (Å²) in [5.74, 6) is 0.00637. The lowest BCUT2D eigenvalue weighted by Crippen LogP contribution is -2.47. The highest BCUT2D eigenvalue weighted by Crippen LogP contribution is 2.20. The highest BCUT2D eigenvalue weighted by Gasteiger charge is 2.27. The van der Waals surface area contributed by atoms with Gasteiger partial charge >= 0.3 is 0 Å². The number of benzene rings is 2. The fourth-order valence-electron chi connectivity index (χ4n) is 2.61. The van der Waals surface area contributed by atoms with Crippen molar-refractivity contribution in [2.45, 2.75) is 39.0 Å². The first-order valence-corrected chi connectivity index (χ1v) is 11.2. The van der Waals surface area contributed by atoms with Gasteiger partial charge in [-0.15, -0.1) is 0 Å². The summed E-state index contributed by atoms with van der Waals surface area (Å²) in [5.41, 5.74) is 1.52. The zero-order chi connectivity index (χ0) is 16.4. The molecule has 2 aromatic carbocycles. The molecule has 0 aliphatic rings. The predicted molar refractivity (Wildman–Crippen MR) is 96.4 cm³/mol. The second kappa shape index (κ2) is 6.09. The zero-order valence-electron chi connectivity index (χ0n) is 14.1. The van der Waals surface area contributed by atoms with E-state index in [2.05, 4.69) is 31.0 Å². The van der Waals surface area contributed by atoms with E-state index >= 15 is 0 Å². The maximum Gasteiger partial charge on any atom is 0.251 e. The van der Waals surface area contributed by atoms with Gasteiger partial charge in [0.05, 0.1) is 13.6 Å². The lowest BCUT2D eigenvalue weighted by Gasteiger charge is -2.28. The van der Waals surface area contributed by atoms with E-state index in [9.17, 15) is 4.79 Å². The summed E-state index contributed by atoms with van der Waals surface area (Å²) in [4.78, 5) is 12.8. The normalized spacial score (nSPS) is 12.0. The maximum atomic E-state index is 12.8. The third kappa shape index (κ3) is 3.66. The van der Waals surface area contributed by atoms with Crippen LogP contribution in [0.15, 0.2) is 54.6 Å². The molecule has 0 spiro atoms. The van der Waals surface area contributed by atoms with Gasteiger partial charge in [-0.05, 0) is 30.7 Å². The molecule has 0 aromatic heterocycles. The molecule has 0 aliphatic carbocycles. The Labute approximate surface area is 134 Å². The summed E-state index contributed by atoms with van der Waals surface area (Å²) >= 11 is 0. The lowest BCUT2D eigenvalue weighted by molar-refractivity contribution is 0.0913. The number of carbonyl (C=O) groups excluding carboxylic acids is 1. The molecule has 2 aromatic rings. The van der Waals surface area contributed by atoms with Crippen molar-refractivity contribution in [1.29, 1.82) is 0 Å². The van der Waals surface area contributed by atoms with Gasteiger partial charge < -0.3 is 5.32 Å². The molecule has 1 N–H and O–H groups in total. The van der Waals surface area contributed by atoms with Crippen LogP contribution in [-0.2, 0) is 5.54 Å². The summed E-state index contributed by atoms with van der Waals surface area (Å²) in [6.45, 7) is 10.9. The van der Waals surface area contributed by atoms with Gasteiger partial charge in [0, 0.05) is 5.56 Å². The van der Waals surface area contributed by atoms with Gasteiger partial charge in [0.2, 0.25) is 0 Å². The molecule has 0 saturated heterocycles. The summed E-state index contributed by atoms with van der Waals surface area (Å²) in [7, 11) is -1.56. The third-order valence-electron chi connectivity index (χ3n) is 3.90. The highest BCUT2D eigenvalue weighted by atomic mass is 28.3. The quantitative estimate of drug-likeness (QED) is 0.853. The molecular formula is C19H25NOSi. The monoisotopic (exact) mass is 311 g/mol. The smallest absolute Gasteiger partial charge is 0.251 e. The minimum absolute atomic E-state index is 0.00637. The van der Waals surface area contributed by atoms with Crippen molar-refractivity contribution in [3.05, 3.63) is 65.7 Å². The van der Waals surface area contributed by atoms with Crippen LogP contribution in [0, 0.1) is 0 Å². The number of hydrogen-bond acceptors (Lipinski definition) is 1. The molecule has 3 heteroatoms. The van der Waals surface area contributed by atoms with Gasteiger partial charge in [-0.1, -0.05) is 68.2 Å². The molecule has 0 unspecified atom stereocenters. The van der Waals surface area contributed by atoms with Crippen LogP contribution in [-0.4, -0.2) is 14.0 Å². The van der Waals surface area contributed by atoms with E-state index in [1.54, 1.807) is 0 Å². The van der Waals surface area contributed by atoms with E-state index in [0.717, 1.165) is 11.1 Å². The highest BCUT2D eigenvalue weighted by molar-refractivity contribution is 6.89. The van der Waals surface area contributed by atoms with Crippen molar-refractivity contribution >= 4 is 19.2 Å². The van der Waals surface area contributed by atoms with Gasteiger partial charge in [0.1, 0.15) is 0 Å². The van der Waals surface area contributed by atoms with Crippen molar-refractivity contribution in [2.75, 3.05) is 0 Å². The average Bonchev–Trinajstić information content (AvgIpc) is 2.47. The molecule has 0 atom stereocenters. The van der Waals surface area contributed by atoms with Crippen molar-refractivity contribution in [3.63, 3.8) is 0 Å². The molecule has 2 rings (SSSR count). The number of amides is 1. The van der Waals surface area contributed by atoms with Crippen molar-refractivity contribution in [2.24, 2.45) is 0 Å². The second-order valence-corrected chi connectivity index (χ2v) is 12.3. The van der Waals surface area contributed by atoms with E-state index < -0.39 is 13.6 Å². The largest absolute Gasteiger partial charge is 0.343 e. The number of rotatable bonds is 4. The Hall–Kier alpha value is -1.87. The van der Waals surface area contributed by atoms with Crippen LogP contribution in [0.1, 0.15) is 29.8 Å². The van der Waals surface area contributed by atoms with E-state index in [1.165, 1.54) is 5.19 Å². The Bertz CT molecular complexity index is 657. The van der Waals surface area contributed by atoms with Crippen LogP contribution < -0.4 is 10.5 Å². The van der Waals surface area contributed by atoms with Gasteiger partial charge in [-0.2, -0.15) is 0 Å². The van der Waals surface area contributed by atoms with Crippen molar-refractivity contribution in [1.82, 2.24) is 5.32 Å². The minimum Gasteiger partial charge on any atom is -0.343 e. The van der Waals surface area contributed by atoms with Crippen LogP contribution >= 0.6 is 0 Å². The van der Waals surface area contributed by atoms with Crippen molar-refractivity contribution in [3.8, 4) is 0 Å². The number of nitrogens with one attached hydrogen (secondary N) is 1. The fraction of sp³-hybridized carbons (Fsp3) is 0.316. The summed E-state index contributed by atoms with van der Waals surface area (Å²) in [6.07, 6.45) is 0. The summed E-state index contributed by atoms with van der Waals surface area (Å²) in [6, 6.07) is 18.1. The van der Waals surface area contributed by atoms with Crippen LogP contribution in [0.5, 0.6) is 0 Å². The Balaban J connectivity index is 2.31. The molecule has 116 valence electrons. The molecule has 0 heterocycles. The van der Waals surface area contributed by atoms with Gasteiger partial charge in [-0.25, -0.2) is 0 Å². The first-order valence-electron chi connectivity index (χ1n) is 7.69. The standard InChI is InChI=1S/C19H25NOSi/c1-19(2,15-11-7-6-8-12-15)20-18(21)16-13-9-10-14-17(16)22(3,4)5/h6-14H,1-5H3,(H,20,21). The molecule has 1 amide bonds. The Kier molecular flexibility index (Phi) is 4.57. The molecular weight excluding hydrogens is 286 g/mol. The topological polar surface area (TPSA) is 29.1 Å². The summed E-state index contributed by atoms with van der Waals surface area (Å²) < 4.78 is 0. The first-order chi connectivity index (χ1) is 10.2. The number of hydrogen-bond donors (Lipinski definition) is 1. The van der Waals surface area contributed by atoms with E-state index in [-0.39, 0.29) is 5.91 Å². The predicted octanol–water partition coefficient (Wildman–Crippen LogP) is 3.90. The summed E-state index contributed by atoms with van der Waals surface area (Å²) in [5, 5.41) is 4.39. The third-order valence-corrected chi connectivity index (χ3v) is 5.95. The molecule has 0 fully saturated rings. The molecule has 0 radical (unpaired) electrons. The van der Waals surface area contributed by atoms with E-state index in [0.29, 0.717) is 0 Å². The van der Waals surface area contributed by atoms with Gasteiger partial charge in [-0.3, -0.25) is 4.79 Å². The Morgan fingerprint density at radius 1 is 0.909 bits per heavy atom. The molecule has 0 aliphatic heterocycles. The first kappa shape index (κ1) is 16.5. The molecule has 2 nitrogen and oxygen atoms in total. The lowest BCUT2D eigenvalue weighted by atomic mass is 9.94. The Morgan fingerprint density at radius 3 is 2.05 bits per heavy atom.